The van der Waals surface area contributed by atoms with Gasteiger partial charge in [0.1, 0.15) is 12.4 Å². The van der Waals surface area contributed by atoms with Crippen molar-refractivity contribution in [2.75, 3.05) is 13.2 Å². The molecule has 194 valence electrons. The zero-order valence-corrected chi connectivity index (χ0v) is 21.5. The maximum Gasteiger partial charge on any atom is 0.508 e. The van der Waals surface area contributed by atoms with Gasteiger partial charge in [0.15, 0.2) is 0 Å². The maximum absolute atomic E-state index is 11.5. The minimum absolute atomic E-state index is 0.0210. The van der Waals surface area contributed by atoms with Gasteiger partial charge >= 0.3 is 6.16 Å². The Morgan fingerprint density at radius 2 is 1.89 bits per heavy atom. The summed E-state index contributed by atoms with van der Waals surface area (Å²) in [4.78, 5) is 11.5. The van der Waals surface area contributed by atoms with Crippen LogP contribution in [0.2, 0.25) is 0 Å². The smallest absolute Gasteiger partial charge is 0.491 e. The maximum atomic E-state index is 11.5. The summed E-state index contributed by atoms with van der Waals surface area (Å²) >= 11 is 0. The Morgan fingerprint density at radius 1 is 1.17 bits per heavy atom. The molecule has 0 bridgehead atoms. The fourth-order valence-corrected chi connectivity index (χ4v) is 4.07. The molecular formula is C26H38N2O7. The molecular weight excluding hydrogens is 452 g/mol. The van der Waals surface area contributed by atoms with Crippen molar-refractivity contribution in [1.82, 2.24) is 9.78 Å². The highest BCUT2D eigenvalue weighted by Crippen LogP contribution is 2.30. The Balaban J connectivity index is 1.74. The van der Waals surface area contributed by atoms with Gasteiger partial charge in [-0.25, -0.2) is 4.79 Å². The van der Waals surface area contributed by atoms with Crippen LogP contribution < -0.4 is 9.47 Å². The van der Waals surface area contributed by atoms with Crippen LogP contribution in [-0.4, -0.2) is 58.9 Å². The molecule has 1 aliphatic heterocycles. The average molecular weight is 491 g/mol. The topological polar surface area (TPSA) is 101 Å². The fourth-order valence-electron chi connectivity index (χ4n) is 4.07. The van der Waals surface area contributed by atoms with Gasteiger partial charge in [0.25, 0.3) is 0 Å². The van der Waals surface area contributed by atoms with Crippen LogP contribution >= 0.6 is 0 Å². The molecule has 2 heterocycles. The Hall–Kier alpha value is -2.78. The van der Waals surface area contributed by atoms with Crippen molar-refractivity contribution in [3.63, 3.8) is 0 Å². The molecule has 0 saturated carbocycles. The molecule has 9 nitrogen and oxygen atoms in total. The summed E-state index contributed by atoms with van der Waals surface area (Å²) in [6, 6.07) is 8.16. The van der Waals surface area contributed by atoms with E-state index in [1.807, 2.05) is 49.7 Å². The number of carbonyl (C=O) groups is 1. The van der Waals surface area contributed by atoms with Crippen LogP contribution in [0.3, 0.4) is 0 Å². The van der Waals surface area contributed by atoms with E-state index in [9.17, 15) is 9.90 Å². The van der Waals surface area contributed by atoms with Crippen molar-refractivity contribution in [3.05, 3.63) is 41.1 Å². The van der Waals surface area contributed by atoms with Gasteiger partial charge in [0.2, 0.25) is 12.2 Å². The first kappa shape index (κ1) is 26.8. The lowest BCUT2D eigenvalue weighted by Gasteiger charge is -2.32. The summed E-state index contributed by atoms with van der Waals surface area (Å²) in [5.74, 6) is 1.30. The third-order valence-corrected chi connectivity index (χ3v) is 5.64. The van der Waals surface area contributed by atoms with E-state index < -0.39 is 24.7 Å². The third kappa shape index (κ3) is 7.60. The first-order valence-electron chi connectivity index (χ1n) is 12.3. The van der Waals surface area contributed by atoms with Crippen molar-refractivity contribution < 1.29 is 33.6 Å². The van der Waals surface area contributed by atoms with E-state index in [-0.39, 0.29) is 25.4 Å². The van der Waals surface area contributed by atoms with Crippen LogP contribution in [0.5, 0.6) is 11.6 Å². The molecule has 0 aliphatic carbocycles. The first-order valence-corrected chi connectivity index (χ1v) is 12.3. The van der Waals surface area contributed by atoms with Crippen LogP contribution in [0, 0.1) is 6.92 Å². The number of rotatable bonds is 10. The van der Waals surface area contributed by atoms with E-state index in [1.165, 1.54) is 0 Å². The van der Waals surface area contributed by atoms with Crippen molar-refractivity contribution in [2.45, 2.75) is 91.4 Å². The highest BCUT2D eigenvalue weighted by Gasteiger charge is 2.32. The molecule has 3 atom stereocenters. The van der Waals surface area contributed by atoms with Crippen molar-refractivity contribution >= 4 is 6.16 Å². The molecule has 1 aliphatic rings. The van der Waals surface area contributed by atoms with Gasteiger partial charge in [0.05, 0.1) is 24.9 Å². The molecule has 1 fully saturated rings. The van der Waals surface area contributed by atoms with E-state index in [0.717, 1.165) is 22.6 Å². The zero-order valence-electron chi connectivity index (χ0n) is 21.5. The largest absolute Gasteiger partial charge is 0.508 e. The number of aliphatic hydroxyl groups is 1. The van der Waals surface area contributed by atoms with E-state index in [1.54, 1.807) is 6.92 Å². The monoisotopic (exact) mass is 490 g/mol. The SMILES string of the molecule is CCOC(=O)OC[C@@H]1C[C@H](O)C[C@H](Oc2nn(C(C)C)c(C)c2Cc2ccc(OC(C)C)cc2)O1. The summed E-state index contributed by atoms with van der Waals surface area (Å²) < 4.78 is 29.7. The summed E-state index contributed by atoms with van der Waals surface area (Å²) in [7, 11) is 0. The number of nitrogens with zero attached hydrogens (tertiary/aromatic N) is 2. The molecule has 9 heteroatoms. The second kappa shape index (κ2) is 12.3. The summed E-state index contributed by atoms with van der Waals surface area (Å²) in [5.41, 5.74) is 3.07. The molecule has 0 amide bonds. The predicted octanol–water partition coefficient (Wildman–Crippen LogP) is 4.57. The number of benzene rings is 1. The van der Waals surface area contributed by atoms with Gasteiger partial charge in [-0.05, 0) is 59.2 Å². The van der Waals surface area contributed by atoms with Gasteiger partial charge in [-0.15, -0.1) is 5.10 Å². The lowest BCUT2D eigenvalue weighted by atomic mass is 10.0. The standard InChI is InChI=1S/C26H38N2O7/c1-7-31-26(30)32-15-22-13-20(29)14-24(34-22)35-25-23(18(6)28(27-25)16(2)3)12-19-8-10-21(11-9-19)33-17(4)5/h8-11,16-17,20,22,24,29H,7,12-15H2,1-6H3/t20-,22-,24-/m0/s1. The molecule has 1 N–H and O–H groups in total. The van der Waals surface area contributed by atoms with E-state index in [0.29, 0.717) is 25.1 Å². The second-order valence-corrected chi connectivity index (χ2v) is 9.32. The molecule has 3 rings (SSSR count). The normalized spacial score (nSPS) is 20.2. The van der Waals surface area contributed by atoms with Gasteiger partial charge in [-0.2, -0.15) is 0 Å². The van der Waals surface area contributed by atoms with Crippen LogP contribution in [-0.2, 0) is 20.6 Å². The molecule has 1 aromatic carbocycles. The molecule has 1 aromatic heterocycles. The minimum Gasteiger partial charge on any atom is -0.491 e. The number of aliphatic hydroxyl groups excluding tert-OH is 1. The van der Waals surface area contributed by atoms with Gasteiger partial charge < -0.3 is 28.8 Å². The lowest BCUT2D eigenvalue weighted by Crippen LogP contribution is -2.41. The van der Waals surface area contributed by atoms with Crippen LogP contribution in [0.15, 0.2) is 24.3 Å². The van der Waals surface area contributed by atoms with Crippen molar-refractivity contribution in [1.29, 1.82) is 0 Å². The van der Waals surface area contributed by atoms with E-state index in [4.69, 9.17) is 28.8 Å². The van der Waals surface area contributed by atoms with Gasteiger partial charge in [-0.3, -0.25) is 4.68 Å². The number of aromatic nitrogens is 2. The predicted molar refractivity (Wildman–Crippen MR) is 130 cm³/mol. The van der Waals surface area contributed by atoms with E-state index in [2.05, 4.69) is 13.8 Å². The Bertz CT molecular complexity index is 955. The zero-order chi connectivity index (χ0) is 25.5. The number of hydrogen-bond donors (Lipinski definition) is 1. The third-order valence-electron chi connectivity index (χ3n) is 5.64. The Labute approximate surface area is 207 Å². The highest BCUT2D eigenvalue weighted by atomic mass is 16.7. The van der Waals surface area contributed by atoms with Crippen molar-refractivity contribution in [2.24, 2.45) is 0 Å². The fraction of sp³-hybridized carbons (Fsp3) is 0.615. The second-order valence-electron chi connectivity index (χ2n) is 9.32. The quantitative estimate of drug-likeness (QED) is 0.484. The van der Waals surface area contributed by atoms with Gasteiger partial charge in [-0.1, -0.05) is 12.1 Å². The van der Waals surface area contributed by atoms with Crippen LogP contribution in [0.4, 0.5) is 4.79 Å². The molecule has 0 radical (unpaired) electrons. The minimum atomic E-state index is -0.757. The lowest BCUT2D eigenvalue weighted by molar-refractivity contribution is -0.187. The first-order chi connectivity index (χ1) is 16.7. The molecule has 2 aromatic rings. The van der Waals surface area contributed by atoms with Crippen molar-refractivity contribution in [3.8, 4) is 11.6 Å². The van der Waals surface area contributed by atoms with Crippen LogP contribution in [0.1, 0.15) is 70.3 Å². The molecule has 0 spiro atoms. The van der Waals surface area contributed by atoms with Gasteiger partial charge in [0, 0.05) is 36.6 Å². The number of ether oxygens (including phenoxy) is 5. The summed E-state index contributed by atoms with van der Waals surface area (Å²) in [6.45, 7) is 12.1. The average Bonchev–Trinajstić information content (AvgIpc) is 3.08. The Kier molecular flexibility index (Phi) is 9.40. The Morgan fingerprint density at radius 3 is 2.51 bits per heavy atom. The molecule has 1 saturated heterocycles. The van der Waals surface area contributed by atoms with Crippen LogP contribution in [0.25, 0.3) is 0 Å². The summed E-state index contributed by atoms with van der Waals surface area (Å²) in [6.07, 6.45) is -1.24. The summed E-state index contributed by atoms with van der Waals surface area (Å²) in [5, 5.41) is 15.1. The highest BCUT2D eigenvalue weighted by molar-refractivity contribution is 5.59. The number of hydrogen-bond acceptors (Lipinski definition) is 8. The van der Waals surface area contributed by atoms with E-state index >= 15 is 0 Å². The number of carbonyl (C=O) groups excluding carboxylic acids is 1. The molecule has 35 heavy (non-hydrogen) atoms. The molecule has 0 unspecified atom stereocenters.